The summed E-state index contributed by atoms with van der Waals surface area (Å²) in [7, 11) is 0. The van der Waals surface area contributed by atoms with Crippen molar-refractivity contribution < 1.29 is 9.13 Å². The van der Waals surface area contributed by atoms with Crippen LogP contribution in [0.15, 0.2) is 78.9 Å². The lowest BCUT2D eigenvalue weighted by atomic mass is 9.98. The van der Waals surface area contributed by atoms with Gasteiger partial charge < -0.3 is 14.6 Å². The van der Waals surface area contributed by atoms with Crippen LogP contribution in [0.25, 0.3) is 16.8 Å². The van der Waals surface area contributed by atoms with Crippen molar-refractivity contribution in [2.24, 2.45) is 0 Å². The summed E-state index contributed by atoms with van der Waals surface area (Å²) in [6.07, 6.45) is 2.99. The quantitative estimate of drug-likeness (QED) is 0.251. The molecule has 186 valence electrons. The van der Waals surface area contributed by atoms with Crippen molar-refractivity contribution in [3.63, 3.8) is 0 Å². The van der Waals surface area contributed by atoms with Crippen LogP contribution >= 0.6 is 12.2 Å². The summed E-state index contributed by atoms with van der Waals surface area (Å²) in [5.41, 5.74) is 7.07. The zero-order chi connectivity index (χ0) is 25.4. The Morgan fingerprint density at radius 3 is 2.51 bits per heavy atom. The van der Waals surface area contributed by atoms with Gasteiger partial charge in [0, 0.05) is 23.4 Å². The van der Waals surface area contributed by atoms with E-state index in [1.165, 1.54) is 23.3 Å². The van der Waals surface area contributed by atoms with Gasteiger partial charge in [0.2, 0.25) is 0 Å². The zero-order valence-electron chi connectivity index (χ0n) is 20.6. The van der Waals surface area contributed by atoms with E-state index in [2.05, 4.69) is 28.9 Å². The second kappa shape index (κ2) is 9.82. The number of ether oxygens (including phenoxy) is 1. The first-order valence-corrected chi connectivity index (χ1v) is 12.9. The fourth-order valence-corrected chi connectivity index (χ4v) is 5.35. The molecule has 0 radical (unpaired) electrons. The van der Waals surface area contributed by atoms with Crippen LogP contribution in [0.2, 0.25) is 0 Å². The van der Waals surface area contributed by atoms with Gasteiger partial charge in [-0.15, -0.1) is 5.10 Å². The summed E-state index contributed by atoms with van der Waals surface area (Å²) in [6, 6.07) is 24.6. The molecule has 2 aromatic heterocycles. The van der Waals surface area contributed by atoms with Gasteiger partial charge in [-0.1, -0.05) is 60.2 Å². The van der Waals surface area contributed by atoms with E-state index >= 15 is 0 Å². The Labute approximate surface area is 220 Å². The van der Waals surface area contributed by atoms with Gasteiger partial charge in [-0.3, -0.25) is 0 Å². The van der Waals surface area contributed by atoms with Crippen LogP contribution in [-0.2, 0) is 19.6 Å². The summed E-state index contributed by atoms with van der Waals surface area (Å²) < 4.78 is 24.2. The molecule has 0 saturated carbocycles. The van der Waals surface area contributed by atoms with Crippen molar-refractivity contribution in [2.45, 2.75) is 39.3 Å². The molecule has 0 spiro atoms. The highest BCUT2D eigenvalue weighted by Crippen LogP contribution is 2.37. The van der Waals surface area contributed by atoms with Crippen LogP contribution in [0, 0.1) is 12.7 Å². The number of rotatable bonds is 6. The van der Waals surface area contributed by atoms with Crippen LogP contribution in [0.5, 0.6) is 5.75 Å². The maximum Gasteiger partial charge on any atom is 0.169 e. The van der Waals surface area contributed by atoms with Crippen molar-refractivity contribution >= 4 is 28.5 Å². The molecule has 3 aromatic carbocycles. The van der Waals surface area contributed by atoms with E-state index < -0.39 is 0 Å². The van der Waals surface area contributed by atoms with Crippen molar-refractivity contribution in [3.05, 3.63) is 107 Å². The number of benzene rings is 3. The molecule has 0 aliphatic carbocycles. The number of thiocarbonyl (C=S) groups is 1. The average Bonchev–Trinajstić information content (AvgIpc) is 3.31. The Kier molecular flexibility index (Phi) is 6.22. The summed E-state index contributed by atoms with van der Waals surface area (Å²) in [6.45, 7) is 3.27. The van der Waals surface area contributed by atoms with E-state index in [4.69, 9.17) is 22.1 Å². The minimum absolute atomic E-state index is 0.261. The number of halogens is 1. The molecule has 0 bridgehead atoms. The first kappa shape index (κ1) is 23.4. The Morgan fingerprint density at radius 1 is 1.00 bits per heavy atom. The van der Waals surface area contributed by atoms with E-state index in [9.17, 15) is 4.39 Å². The van der Waals surface area contributed by atoms with E-state index in [0.717, 1.165) is 65.5 Å². The van der Waals surface area contributed by atoms with Gasteiger partial charge in [-0.05, 0) is 68.1 Å². The normalized spacial score (nSPS) is 12.9. The van der Waals surface area contributed by atoms with Crippen LogP contribution < -0.4 is 10.1 Å². The molecule has 1 N–H and O–H groups in total. The molecular formula is C30H27FN4OS. The Hall–Kier alpha value is -3.97. The fraction of sp³-hybridized carbons (Fsp3) is 0.200. The molecule has 1 aliphatic rings. The number of nitrogens with zero attached hydrogens (tertiary/aromatic N) is 3. The smallest absolute Gasteiger partial charge is 0.169 e. The molecule has 6 rings (SSSR count). The number of anilines is 1. The number of hydrogen-bond acceptors (Lipinski definition) is 3. The van der Waals surface area contributed by atoms with E-state index in [1.54, 1.807) is 0 Å². The summed E-state index contributed by atoms with van der Waals surface area (Å²) in [5, 5.41) is 8.45. The van der Waals surface area contributed by atoms with Gasteiger partial charge in [0.15, 0.2) is 5.82 Å². The van der Waals surface area contributed by atoms with Gasteiger partial charge in [0.1, 0.15) is 34.5 Å². The first-order valence-electron chi connectivity index (χ1n) is 12.5. The van der Waals surface area contributed by atoms with Gasteiger partial charge in [-0.25, -0.2) is 8.91 Å². The molecule has 5 aromatic rings. The molecule has 0 fully saturated rings. The molecule has 0 atom stereocenters. The number of aromatic nitrogens is 3. The standard InChI is InChI=1S/C30H27FN4OS/c1-20-10-16-23(17-11-20)32-29(37)28-27(21-12-14-22(31)15-13-21)25-9-5-6-18-34-26(33-35(28)30(25)34)19-36-24-7-3-2-4-8-24/h2-4,7-8,10-17H,5-6,9,18-19H2,1H3,(H,32,37). The van der Waals surface area contributed by atoms with Crippen LogP contribution in [0.4, 0.5) is 10.1 Å². The molecule has 0 saturated heterocycles. The Morgan fingerprint density at radius 2 is 1.76 bits per heavy atom. The van der Waals surface area contributed by atoms with Crippen LogP contribution in [0.3, 0.4) is 0 Å². The number of hydrogen-bond donors (Lipinski definition) is 1. The van der Waals surface area contributed by atoms with Gasteiger partial charge >= 0.3 is 0 Å². The van der Waals surface area contributed by atoms with E-state index in [-0.39, 0.29) is 5.82 Å². The lowest BCUT2D eigenvalue weighted by Crippen LogP contribution is -2.15. The predicted octanol–water partition coefficient (Wildman–Crippen LogP) is 6.95. The Balaban J connectivity index is 1.50. The number of para-hydroxylation sites is 1. The SMILES string of the molecule is Cc1ccc(NC(=S)c2c(-c3ccc(F)cc3)c3c4n(c(COc5ccccc5)nn24)CCCC3)cc1. The molecule has 0 amide bonds. The largest absolute Gasteiger partial charge is 0.486 e. The minimum atomic E-state index is -0.261. The van der Waals surface area contributed by atoms with Gasteiger partial charge in [-0.2, -0.15) is 0 Å². The minimum Gasteiger partial charge on any atom is -0.486 e. The summed E-state index contributed by atoms with van der Waals surface area (Å²) >= 11 is 6.00. The van der Waals surface area contributed by atoms with Crippen molar-refractivity contribution in [1.29, 1.82) is 0 Å². The highest BCUT2D eigenvalue weighted by molar-refractivity contribution is 7.81. The molecule has 5 nitrogen and oxygen atoms in total. The molecular weight excluding hydrogens is 483 g/mol. The third-order valence-corrected chi connectivity index (χ3v) is 7.13. The van der Waals surface area contributed by atoms with Crippen molar-refractivity contribution in [2.75, 3.05) is 5.32 Å². The summed E-state index contributed by atoms with van der Waals surface area (Å²) in [5.74, 6) is 1.40. The third-order valence-electron chi connectivity index (χ3n) is 6.83. The molecule has 37 heavy (non-hydrogen) atoms. The topological polar surface area (TPSA) is 43.5 Å². The summed E-state index contributed by atoms with van der Waals surface area (Å²) in [4.78, 5) is 0.574. The Bertz CT molecular complexity index is 1570. The second-order valence-corrected chi connectivity index (χ2v) is 9.80. The first-order chi connectivity index (χ1) is 18.1. The maximum absolute atomic E-state index is 13.9. The van der Waals surface area contributed by atoms with Crippen LogP contribution in [0.1, 0.15) is 35.5 Å². The van der Waals surface area contributed by atoms with E-state index in [1.807, 2.05) is 59.1 Å². The van der Waals surface area contributed by atoms with Crippen molar-refractivity contribution in [1.82, 2.24) is 14.2 Å². The predicted molar refractivity (Wildman–Crippen MR) is 149 cm³/mol. The monoisotopic (exact) mass is 510 g/mol. The maximum atomic E-state index is 13.9. The third kappa shape index (κ3) is 4.51. The lowest BCUT2D eigenvalue weighted by molar-refractivity contribution is 0.288. The molecule has 0 unspecified atom stereocenters. The van der Waals surface area contributed by atoms with Crippen LogP contribution in [-0.4, -0.2) is 19.2 Å². The second-order valence-electron chi connectivity index (χ2n) is 9.39. The number of nitrogens with one attached hydrogen (secondary N) is 1. The average molecular weight is 511 g/mol. The lowest BCUT2D eigenvalue weighted by Gasteiger charge is -2.12. The highest BCUT2D eigenvalue weighted by Gasteiger charge is 2.29. The number of aryl methyl sites for hydroxylation is 3. The molecule has 1 aliphatic heterocycles. The fourth-order valence-electron chi connectivity index (χ4n) is 5.04. The van der Waals surface area contributed by atoms with Gasteiger partial charge in [0.25, 0.3) is 0 Å². The van der Waals surface area contributed by atoms with E-state index in [0.29, 0.717) is 11.6 Å². The highest BCUT2D eigenvalue weighted by atomic mass is 32.1. The zero-order valence-corrected chi connectivity index (χ0v) is 21.4. The molecule has 7 heteroatoms. The van der Waals surface area contributed by atoms with Crippen molar-refractivity contribution in [3.8, 4) is 16.9 Å². The molecule has 3 heterocycles. The van der Waals surface area contributed by atoms with Gasteiger partial charge in [0.05, 0.1) is 0 Å².